The molecule has 15 heavy (non-hydrogen) atoms. The third-order valence-corrected chi connectivity index (χ3v) is 2.83. The number of hydrogen-bond acceptors (Lipinski definition) is 4. The van der Waals surface area contributed by atoms with Crippen LogP contribution < -0.4 is 9.54 Å². The van der Waals surface area contributed by atoms with Crippen LogP contribution in [0.3, 0.4) is 0 Å². The number of methoxy groups -OCH3 is 1. The zero-order valence-corrected chi connectivity index (χ0v) is 8.91. The van der Waals surface area contributed by atoms with Gasteiger partial charge in [-0.2, -0.15) is 4.73 Å². The first-order valence-corrected chi connectivity index (χ1v) is 5.19. The van der Waals surface area contributed by atoms with Gasteiger partial charge in [-0.3, -0.25) is 5.41 Å². The Hall–Kier alpha value is -1.75. The van der Waals surface area contributed by atoms with Crippen molar-refractivity contribution >= 4 is 11.3 Å². The first-order valence-electron chi connectivity index (χ1n) is 4.31. The summed E-state index contributed by atoms with van der Waals surface area (Å²) in [6.45, 7) is 0. The molecule has 0 fully saturated rings. The zero-order valence-electron chi connectivity index (χ0n) is 8.10. The van der Waals surface area contributed by atoms with Gasteiger partial charge in [0.1, 0.15) is 11.4 Å². The van der Waals surface area contributed by atoms with Crippen LogP contribution in [0.1, 0.15) is 0 Å². The fraction of sp³-hybridized carbons (Fsp3) is 0.100. The molecule has 2 aromatic rings. The van der Waals surface area contributed by atoms with Crippen LogP contribution in [-0.4, -0.2) is 17.0 Å². The summed E-state index contributed by atoms with van der Waals surface area (Å²) in [5, 5.41) is 18.6. The van der Waals surface area contributed by atoms with Gasteiger partial charge >= 0.3 is 0 Å². The van der Waals surface area contributed by atoms with Crippen molar-refractivity contribution in [3.05, 3.63) is 34.4 Å². The van der Waals surface area contributed by atoms with E-state index >= 15 is 0 Å². The Morgan fingerprint density at radius 3 is 2.47 bits per heavy atom. The van der Waals surface area contributed by atoms with E-state index in [0.717, 1.165) is 16.0 Å². The Balaban J connectivity index is 2.46. The van der Waals surface area contributed by atoms with E-state index in [9.17, 15) is 5.21 Å². The number of nitrogens with zero attached hydrogens (tertiary/aromatic N) is 1. The molecule has 0 aliphatic heterocycles. The van der Waals surface area contributed by atoms with Crippen LogP contribution in [0.4, 0.5) is 0 Å². The number of thiazole rings is 1. The number of rotatable bonds is 2. The van der Waals surface area contributed by atoms with E-state index in [1.54, 1.807) is 12.5 Å². The molecule has 0 aliphatic rings. The van der Waals surface area contributed by atoms with Crippen molar-refractivity contribution in [2.45, 2.75) is 0 Å². The van der Waals surface area contributed by atoms with E-state index in [2.05, 4.69) is 0 Å². The Labute approximate surface area is 90.5 Å². The molecule has 0 saturated heterocycles. The van der Waals surface area contributed by atoms with Crippen LogP contribution in [0.2, 0.25) is 0 Å². The number of ether oxygens (including phenoxy) is 1. The molecule has 1 aromatic heterocycles. The predicted molar refractivity (Wildman–Crippen MR) is 57.3 cm³/mol. The molecule has 1 aromatic carbocycles. The molecule has 4 nitrogen and oxygen atoms in total. The summed E-state index contributed by atoms with van der Waals surface area (Å²) in [6, 6.07) is 7.31. The second kappa shape index (κ2) is 3.78. The minimum atomic E-state index is 0.112. The van der Waals surface area contributed by atoms with Crippen molar-refractivity contribution in [1.29, 1.82) is 5.41 Å². The molecule has 2 N–H and O–H groups in total. The Morgan fingerprint density at radius 1 is 1.33 bits per heavy atom. The normalized spacial score (nSPS) is 10.2. The summed E-state index contributed by atoms with van der Waals surface area (Å²) >= 11 is 1.18. The highest BCUT2D eigenvalue weighted by Gasteiger charge is 2.05. The SMILES string of the molecule is COc1ccc(-c2csc(=N)n2O)cc1. The monoisotopic (exact) mass is 222 g/mol. The first-order chi connectivity index (χ1) is 7.22. The predicted octanol–water partition coefficient (Wildman–Crippen LogP) is 1.94. The lowest BCUT2D eigenvalue weighted by Crippen LogP contribution is -2.10. The molecule has 0 bridgehead atoms. The number of hydrogen-bond donors (Lipinski definition) is 2. The van der Waals surface area contributed by atoms with Gasteiger partial charge in [0.2, 0.25) is 4.80 Å². The van der Waals surface area contributed by atoms with Crippen LogP contribution in [0.15, 0.2) is 29.6 Å². The summed E-state index contributed by atoms with van der Waals surface area (Å²) in [4.78, 5) is 0.112. The van der Waals surface area contributed by atoms with Crippen molar-refractivity contribution in [3.63, 3.8) is 0 Å². The molecule has 0 amide bonds. The van der Waals surface area contributed by atoms with E-state index in [0.29, 0.717) is 5.69 Å². The van der Waals surface area contributed by atoms with Gasteiger partial charge in [-0.15, -0.1) is 11.3 Å². The summed E-state index contributed by atoms with van der Waals surface area (Å²) in [7, 11) is 1.60. The Bertz CT molecular complexity index is 513. The lowest BCUT2D eigenvalue weighted by atomic mass is 10.2. The maximum absolute atomic E-state index is 9.53. The Kier molecular flexibility index (Phi) is 2.47. The topological polar surface area (TPSA) is 58.2 Å². The van der Waals surface area contributed by atoms with E-state index < -0.39 is 0 Å². The molecule has 1 heterocycles. The third-order valence-electron chi connectivity index (χ3n) is 2.09. The van der Waals surface area contributed by atoms with Gasteiger partial charge in [0.05, 0.1) is 7.11 Å². The lowest BCUT2D eigenvalue weighted by Gasteiger charge is -2.02. The molecule has 0 spiro atoms. The van der Waals surface area contributed by atoms with Crippen molar-refractivity contribution in [2.75, 3.05) is 7.11 Å². The summed E-state index contributed by atoms with van der Waals surface area (Å²) in [5.74, 6) is 0.768. The molecule has 0 unspecified atom stereocenters. The van der Waals surface area contributed by atoms with E-state index in [1.807, 2.05) is 24.3 Å². The standard InChI is InChI=1S/C10H10N2O2S/c1-14-8-4-2-7(3-5-8)9-6-15-10(11)12(9)13/h2-6,11,13H,1H3. The summed E-state index contributed by atoms with van der Waals surface area (Å²) < 4.78 is 5.90. The molecule has 5 heteroatoms. The van der Waals surface area contributed by atoms with Crippen LogP contribution >= 0.6 is 11.3 Å². The second-order valence-electron chi connectivity index (χ2n) is 2.97. The van der Waals surface area contributed by atoms with Gasteiger partial charge in [0.15, 0.2) is 0 Å². The van der Waals surface area contributed by atoms with Crippen LogP contribution in [0, 0.1) is 5.41 Å². The second-order valence-corrected chi connectivity index (χ2v) is 3.82. The highest BCUT2D eigenvalue weighted by Crippen LogP contribution is 2.21. The fourth-order valence-corrected chi connectivity index (χ4v) is 1.93. The largest absolute Gasteiger partial charge is 0.497 e. The molecule has 0 aliphatic carbocycles. The van der Waals surface area contributed by atoms with Gasteiger partial charge in [0.25, 0.3) is 0 Å². The van der Waals surface area contributed by atoms with Gasteiger partial charge in [-0.25, -0.2) is 0 Å². The van der Waals surface area contributed by atoms with Crippen molar-refractivity contribution in [1.82, 2.24) is 4.73 Å². The lowest BCUT2D eigenvalue weighted by molar-refractivity contribution is 0.181. The van der Waals surface area contributed by atoms with Crippen molar-refractivity contribution in [2.24, 2.45) is 0 Å². The maximum atomic E-state index is 9.53. The average molecular weight is 222 g/mol. The Morgan fingerprint density at radius 2 is 2.00 bits per heavy atom. The quantitative estimate of drug-likeness (QED) is 0.763. The molecule has 0 atom stereocenters. The summed E-state index contributed by atoms with van der Waals surface area (Å²) in [5.41, 5.74) is 1.47. The number of nitrogens with one attached hydrogen (secondary N) is 1. The first kappa shape index (κ1) is 9.79. The van der Waals surface area contributed by atoms with Crippen LogP contribution in [0.5, 0.6) is 5.75 Å². The van der Waals surface area contributed by atoms with E-state index in [-0.39, 0.29) is 4.80 Å². The van der Waals surface area contributed by atoms with Crippen molar-refractivity contribution in [3.8, 4) is 17.0 Å². The van der Waals surface area contributed by atoms with Crippen molar-refractivity contribution < 1.29 is 9.94 Å². The maximum Gasteiger partial charge on any atom is 0.216 e. The molecule has 0 saturated carbocycles. The molecule has 2 rings (SSSR count). The molecule has 0 radical (unpaired) electrons. The van der Waals surface area contributed by atoms with Gasteiger partial charge < -0.3 is 9.94 Å². The van der Waals surface area contributed by atoms with Gasteiger partial charge in [0, 0.05) is 10.9 Å². The molecule has 78 valence electrons. The minimum absolute atomic E-state index is 0.112. The smallest absolute Gasteiger partial charge is 0.216 e. The zero-order chi connectivity index (χ0) is 10.8. The van der Waals surface area contributed by atoms with E-state index in [4.69, 9.17) is 10.1 Å². The number of aromatic nitrogens is 1. The highest BCUT2D eigenvalue weighted by atomic mass is 32.1. The minimum Gasteiger partial charge on any atom is -0.497 e. The summed E-state index contributed by atoms with van der Waals surface area (Å²) in [6.07, 6.45) is 0. The van der Waals surface area contributed by atoms with Gasteiger partial charge in [-0.05, 0) is 24.3 Å². The van der Waals surface area contributed by atoms with Gasteiger partial charge in [-0.1, -0.05) is 0 Å². The van der Waals surface area contributed by atoms with E-state index in [1.165, 1.54) is 11.3 Å². The number of benzene rings is 1. The molecular weight excluding hydrogens is 212 g/mol. The fourth-order valence-electron chi connectivity index (χ4n) is 1.27. The van der Waals surface area contributed by atoms with Crippen LogP contribution in [0.25, 0.3) is 11.3 Å². The van der Waals surface area contributed by atoms with Crippen LogP contribution in [-0.2, 0) is 0 Å². The highest BCUT2D eigenvalue weighted by molar-refractivity contribution is 7.07. The molecular formula is C10H10N2O2S. The average Bonchev–Trinajstić information content (AvgIpc) is 2.60. The third kappa shape index (κ3) is 1.73.